The fourth-order valence-corrected chi connectivity index (χ4v) is 1.85. The second-order valence-electron chi connectivity index (χ2n) is 4.36. The monoisotopic (exact) mass is 271 g/mol. The van der Waals surface area contributed by atoms with E-state index in [2.05, 4.69) is 5.32 Å². The molecule has 0 unspecified atom stereocenters. The topological polar surface area (TPSA) is 84.9 Å². The van der Waals surface area contributed by atoms with E-state index < -0.39 is 5.97 Å². The molecule has 1 saturated heterocycles. The first-order valence-electron chi connectivity index (χ1n) is 6.49. The summed E-state index contributed by atoms with van der Waals surface area (Å²) in [7, 11) is 0. The molecule has 1 aliphatic heterocycles. The van der Waals surface area contributed by atoms with Gasteiger partial charge in [0.05, 0.1) is 18.8 Å². The smallest absolute Gasteiger partial charge is 0.329 e. The van der Waals surface area contributed by atoms with Crippen LogP contribution in [0.4, 0.5) is 0 Å². The van der Waals surface area contributed by atoms with Crippen LogP contribution in [0.25, 0.3) is 0 Å². The lowest BCUT2D eigenvalue weighted by Gasteiger charge is -2.31. The van der Waals surface area contributed by atoms with Crippen molar-refractivity contribution in [2.45, 2.75) is 38.3 Å². The minimum absolute atomic E-state index is 0.107. The molecule has 1 aliphatic rings. The van der Waals surface area contributed by atoms with Crippen LogP contribution >= 0.6 is 0 Å². The molecule has 6 nitrogen and oxygen atoms in total. The molecule has 2 atom stereocenters. The fourth-order valence-electron chi connectivity index (χ4n) is 1.85. The maximum atomic E-state index is 11.7. The van der Waals surface area contributed by atoms with Crippen LogP contribution in [0.15, 0.2) is 12.2 Å². The van der Waals surface area contributed by atoms with Crippen LogP contribution in [-0.4, -0.2) is 48.9 Å². The lowest BCUT2D eigenvalue weighted by molar-refractivity contribution is -0.148. The molecule has 0 aliphatic carbocycles. The number of hydrogen-bond donors (Lipinski definition) is 2. The highest BCUT2D eigenvalue weighted by Crippen LogP contribution is 2.12. The highest BCUT2D eigenvalue weighted by atomic mass is 16.5. The number of amides is 1. The van der Waals surface area contributed by atoms with Gasteiger partial charge in [0.25, 0.3) is 0 Å². The van der Waals surface area contributed by atoms with Crippen LogP contribution < -0.4 is 5.32 Å². The highest BCUT2D eigenvalue weighted by Gasteiger charge is 2.28. The number of carboxylic acid groups (broad SMARTS) is 1. The third-order valence-corrected chi connectivity index (χ3v) is 2.77. The molecule has 0 radical (unpaired) electrons. The molecule has 108 valence electrons. The second-order valence-corrected chi connectivity index (χ2v) is 4.36. The largest absolute Gasteiger partial charge is 0.480 e. The molecule has 0 spiro atoms. The predicted octanol–water partition coefficient (Wildman–Crippen LogP) is 0.718. The number of aliphatic carboxylic acids is 1. The van der Waals surface area contributed by atoms with Crippen LogP contribution in [0.3, 0.4) is 0 Å². The lowest BCUT2D eigenvalue weighted by atomic mass is 10.1. The summed E-state index contributed by atoms with van der Waals surface area (Å²) in [6, 6.07) is -0.282. The number of carboxylic acids is 1. The van der Waals surface area contributed by atoms with Crippen molar-refractivity contribution in [3.63, 3.8) is 0 Å². The van der Waals surface area contributed by atoms with Crippen molar-refractivity contribution in [2.24, 2.45) is 0 Å². The number of carbonyl (C=O) groups excluding carboxylic acids is 1. The van der Waals surface area contributed by atoms with E-state index in [4.69, 9.17) is 14.6 Å². The predicted molar refractivity (Wildman–Crippen MR) is 68.8 cm³/mol. The minimum Gasteiger partial charge on any atom is -0.480 e. The van der Waals surface area contributed by atoms with Gasteiger partial charge >= 0.3 is 5.97 Å². The first-order valence-corrected chi connectivity index (χ1v) is 6.49. The third-order valence-electron chi connectivity index (χ3n) is 2.77. The number of rotatable bonds is 7. The molecule has 1 amide bonds. The van der Waals surface area contributed by atoms with Crippen LogP contribution in [0.5, 0.6) is 0 Å². The SMILES string of the molecule is CC/C=C/CC(=O)N[C@@H]1COCC[C@@H]1OCC(=O)O. The van der Waals surface area contributed by atoms with Gasteiger partial charge in [-0.05, 0) is 12.8 Å². The molecular weight excluding hydrogens is 250 g/mol. The van der Waals surface area contributed by atoms with E-state index in [1.54, 1.807) is 0 Å². The Kier molecular flexibility index (Phi) is 7.14. The minimum atomic E-state index is -1.01. The molecule has 0 bridgehead atoms. The average molecular weight is 271 g/mol. The van der Waals surface area contributed by atoms with E-state index >= 15 is 0 Å². The van der Waals surface area contributed by atoms with E-state index in [0.717, 1.165) is 6.42 Å². The van der Waals surface area contributed by atoms with Gasteiger partial charge < -0.3 is 19.9 Å². The zero-order valence-electron chi connectivity index (χ0n) is 11.1. The summed E-state index contributed by atoms with van der Waals surface area (Å²) in [5.74, 6) is -1.12. The number of nitrogens with one attached hydrogen (secondary N) is 1. The Labute approximate surface area is 112 Å². The zero-order valence-corrected chi connectivity index (χ0v) is 11.1. The molecule has 1 rings (SSSR count). The molecule has 0 aromatic carbocycles. The highest BCUT2D eigenvalue weighted by molar-refractivity contribution is 5.77. The Morgan fingerprint density at radius 3 is 2.95 bits per heavy atom. The molecule has 2 N–H and O–H groups in total. The van der Waals surface area contributed by atoms with Gasteiger partial charge in [-0.2, -0.15) is 0 Å². The van der Waals surface area contributed by atoms with E-state index in [-0.39, 0.29) is 24.7 Å². The summed E-state index contributed by atoms with van der Waals surface area (Å²) in [5, 5.41) is 11.4. The normalized spacial score (nSPS) is 23.4. The fraction of sp³-hybridized carbons (Fsp3) is 0.692. The van der Waals surface area contributed by atoms with Gasteiger partial charge in [0.2, 0.25) is 5.91 Å². The van der Waals surface area contributed by atoms with Crippen molar-refractivity contribution in [2.75, 3.05) is 19.8 Å². The molecular formula is C13H21NO5. The molecule has 1 heterocycles. The van der Waals surface area contributed by atoms with Crippen molar-refractivity contribution < 1.29 is 24.2 Å². The lowest BCUT2D eigenvalue weighted by Crippen LogP contribution is -2.50. The summed E-state index contributed by atoms with van der Waals surface area (Å²) < 4.78 is 10.6. The third kappa shape index (κ3) is 6.35. The van der Waals surface area contributed by atoms with Crippen molar-refractivity contribution in [1.29, 1.82) is 0 Å². The van der Waals surface area contributed by atoms with E-state index in [0.29, 0.717) is 26.1 Å². The van der Waals surface area contributed by atoms with E-state index in [1.807, 2.05) is 19.1 Å². The van der Waals surface area contributed by atoms with Crippen LogP contribution in [0, 0.1) is 0 Å². The first-order chi connectivity index (χ1) is 9.13. The summed E-state index contributed by atoms with van der Waals surface area (Å²) in [6.45, 7) is 2.52. The van der Waals surface area contributed by atoms with E-state index in [9.17, 15) is 9.59 Å². The van der Waals surface area contributed by atoms with Gasteiger partial charge in [0.15, 0.2) is 0 Å². The Morgan fingerprint density at radius 1 is 1.47 bits per heavy atom. The number of carbonyl (C=O) groups is 2. The summed E-state index contributed by atoms with van der Waals surface area (Å²) in [4.78, 5) is 22.2. The maximum absolute atomic E-state index is 11.7. The Balaban J connectivity index is 2.40. The molecule has 6 heteroatoms. The van der Waals surface area contributed by atoms with E-state index in [1.165, 1.54) is 0 Å². The summed E-state index contributed by atoms with van der Waals surface area (Å²) in [6.07, 6.45) is 5.23. The standard InChI is InChI=1S/C13H21NO5/c1-2-3-4-5-12(15)14-10-8-18-7-6-11(10)19-9-13(16)17/h3-4,10-11H,2,5-9H2,1H3,(H,14,15)(H,16,17)/b4-3+/t10-,11+/m1/s1. The van der Waals surface area contributed by atoms with Gasteiger partial charge in [-0.1, -0.05) is 19.1 Å². The molecule has 0 aromatic rings. The van der Waals surface area contributed by atoms with Crippen LogP contribution in [0.1, 0.15) is 26.2 Å². The van der Waals surface area contributed by atoms with Crippen LogP contribution in [0.2, 0.25) is 0 Å². The number of allylic oxidation sites excluding steroid dienone is 1. The molecule has 1 fully saturated rings. The van der Waals surface area contributed by atoms with Gasteiger partial charge in [-0.3, -0.25) is 4.79 Å². The maximum Gasteiger partial charge on any atom is 0.329 e. The van der Waals surface area contributed by atoms with Gasteiger partial charge in [0.1, 0.15) is 6.61 Å². The quantitative estimate of drug-likeness (QED) is 0.666. The van der Waals surface area contributed by atoms with Gasteiger partial charge in [-0.15, -0.1) is 0 Å². The first kappa shape index (κ1) is 15.7. The second kappa shape index (κ2) is 8.66. The summed E-state index contributed by atoms with van der Waals surface area (Å²) >= 11 is 0. The average Bonchev–Trinajstić information content (AvgIpc) is 2.38. The van der Waals surface area contributed by atoms with Crippen molar-refractivity contribution in [3.05, 3.63) is 12.2 Å². The van der Waals surface area contributed by atoms with Gasteiger partial charge in [0, 0.05) is 13.0 Å². The zero-order chi connectivity index (χ0) is 14.1. The molecule has 0 aromatic heterocycles. The number of hydrogen-bond acceptors (Lipinski definition) is 4. The van der Waals surface area contributed by atoms with Crippen molar-refractivity contribution >= 4 is 11.9 Å². The molecule has 0 saturated carbocycles. The summed E-state index contributed by atoms with van der Waals surface area (Å²) in [5.41, 5.74) is 0. The Hall–Kier alpha value is -1.40. The van der Waals surface area contributed by atoms with Crippen LogP contribution in [-0.2, 0) is 19.1 Å². The Bertz CT molecular complexity index is 329. The van der Waals surface area contributed by atoms with Crippen molar-refractivity contribution in [3.8, 4) is 0 Å². The van der Waals surface area contributed by atoms with Crippen molar-refractivity contribution in [1.82, 2.24) is 5.32 Å². The molecule has 19 heavy (non-hydrogen) atoms. The van der Waals surface area contributed by atoms with Gasteiger partial charge in [-0.25, -0.2) is 4.79 Å². The number of ether oxygens (including phenoxy) is 2. The Morgan fingerprint density at radius 2 is 2.26 bits per heavy atom.